The first-order valence-corrected chi connectivity index (χ1v) is 6.05. The van der Waals surface area contributed by atoms with Crippen LogP contribution in [0.4, 0.5) is 0 Å². The Bertz CT molecular complexity index is 299. The molecule has 1 aromatic carbocycles. The zero-order valence-corrected chi connectivity index (χ0v) is 10.9. The normalized spacial score (nSPS) is 14.8. The second kappa shape index (κ2) is 6.89. The van der Waals surface area contributed by atoms with Gasteiger partial charge in [0.25, 0.3) is 0 Å². The van der Waals surface area contributed by atoms with Gasteiger partial charge in [-0.05, 0) is 31.0 Å². The van der Waals surface area contributed by atoms with Crippen LogP contribution in [0.5, 0.6) is 0 Å². The maximum Gasteiger partial charge on any atom is 0.0615 e. The van der Waals surface area contributed by atoms with E-state index in [2.05, 4.69) is 31.3 Å². The molecule has 0 saturated carbocycles. The molecule has 0 bridgehead atoms. The van der Waals surface area contributed by atoms with E-state index in [0.29, 0.717) is 12.1 Å². The van der Waals surface area contributed by atoms with Crippen molar-refractivity contribution in [3.8, 4) is 0 Å². The number of nitrogens with one attached hydrogen (secondary N) is 1. The highest BCUT2D eigenvalue weighted by Gasteiger charge is 2.11. The van der Waals surface area contributed by atoms with Crippen LogP contribution in [0.25, 0.3) is 0 Å². The van der Waals surface area contributed by atoms with Gasteiger partial charge in [0.05, 0.1) is 6.61 Å². The highest BCUT2D eigenvalue weighted by atomic mass is 35.5. The van der Waals surface area contributed by atoms with Gasteiger partial charge in [0, 0.05) is 24.2 Å². The summed E-state index contributed by atoms with van der Waals surface area (Å²) in [5.74, 6) is 0. The Morgan fingerprint density at radius 2 is 1.94 bits per heavy atom. The van der Waals surface area contributed by atoms with E-state index < -0.39 is 0 Å². The molecule has 1 rings (SSSR count). The monoisotopic (exact) mass is 241 g/mol. The van der Waals surface area contributed by atoms with E-state index in [-0.39, 0.29) is 0 Å². The minimum absolute atomic E-state index is 0.317. The zero-order chi connectivity index (χ0) is 12.0. The minimum Gasteiger partial charge on any atom is -0.383 e. The van der Waals surface area contributed by atoms with Crippen molar-refractivity contribution in [1.82, 2.24) is 5.32 Å². The Morgan fingerprint density at radius 1 is 1.31 bits per heavy atom. The summed E-state index contributed by atoms with van der Waals surface area (Å²) in [4.78, 5) is 0. The summed E-state index contributed by atoms with van der Waals surface area (Å²) in [6.45, 7) is 5.06. The number of ether oxygens (including phenoxy) is 1. The average Bonchev–Trinajstić information content (AvgIpc) is 2.29. The molecular formula is C13H20ClNO. The molecule has 0 radical (unpaired) electrons. The largest absolute Gasteiger partial charge is 0.383 e. The highest BCUT2D eigenvalue weighted by molar-refractivity contribution is 6.30. The molecular weight excluding hydrogens is 222 g/mol. The van der Waals surface area contributed by atoms with Crippen molar-refractivity contribution in [3.05, 3.63) is 34.9 Å². The predicted octanol–water partition coefficient (Wildman–Crippen LogP) is 3.42. The fraction of sp³-hybridized carbons (Fsp3) is 0.538. The quantitative estimate of drug-likeness (QED) is 0.824. The van der Waals surface area contributed by atoms with Crippen molar-refractivity contribution in [3.63, 3.8) is 0 Å². The van der Waals surface area contributed by atoms with Gasteiger partial charge in [0.15, 0.2) is 0 Å². The third-order valence-corrected chi connectivity index (χ3v) is 2.97. The predicted molar refractivity (Wildman–Crippen MR) is 69.0 cm³/mol. The summed E-state index contributed by atoms with van der Waals surface area (Å²) >= 11 is 5.86. The van der Waals surface area contributed by atoms with Gasteiger partial charge in [-0.1, -0.05) is 30.7 Å². The van der Waals surface area contributed by atoms with Crippen molar-refractivity contribution in [1.29, 1.82) is 0 Å². The second-order valence-corrected chi connectivity index (χ2v) is 4.44. The summed E-state index contributed by atoms with van der Waals surface area (Å²) in [6.07, 6.45) is 1.06. The molecule has 1 unspecified atom stereocenters. The molecule has 0 aliphatic rings. The number of halogens is 1. The smallest absolute Gasteiger partial charge is 0.0615 e. The van der Waals surface area contributed by atoms with Gasteiger partial charge in [-0.3, -0.25) is 0 Å². The van der Waals surface area contributed by atoms with E-state index in [1.807, 2.05) is 12.1 Å². The lowest BCUT2D eigenvalue weighted by Crippen LogP contribution is -2.34. The topological polar surface area (TPSA) is 21.3 Å². The van der Waals surface area contributed by atoms with Crippen LogP contribution in [0.15, 0.2) is 24.3 Å². The Labute approximate surface area is 103 Å². The van der Waals surface area contributed by atoms with E-state index in [1.165, 1.54) is 5.56 Å². The van der Waals surface area contributed by atoms with E-state index in [4.69, 9.17) is 16.3 Å². The first-order valence-electron chi connectivity index (χ1n) is 5.67. The molecule has 3 heteroatoms. The third-order valence-electron chi connectivity index (χ3n) is 2.72. The zero-order valence-electron chi connectivity index (χ0n) is 10.2. The van der Waals surface area contributed by atoms with Crippen LogP contribution >= 0.6 is 11.6 Å². The maximum atomic E-state index is 5.86. The highest BCUT2D eigenvalue weighted by Crippen LogP contribution is 2.16. The van der Waals surface area contributed by atoms with Crippen molar-refractivity contribution in [2.45, 2.75) is 32.4 Å². The molecule has 0 heterocycles. The fourth-order valence-electron chi connectivity index (χ4n) is 1.69. The van der Waals surface area contributed by atoms with E-state index in [0.717, 1.165) is 18.1 Å². The molecule has 0 spiro atoms. The summed E-state index contributed by atoms with van der Waals surface area (Å²) in [5, 5.41) is 4.31. The number of rotatable bonds is 6. The molecule has 1 N–H and O–H groups in total. The van der Waals surface area contributed by atoms with Crippen LogP contribution in [0.2, 0.25) is 5.02 Å². The molecule has 1 aromatic rings. The third kappa shape index (κ3) is 4.12. The molecule has 0 fully saturated rings. The molecule has 0 saturated heterocycles. The van der Waals surface area contributed by atoms with Crippen LogP contribution in [-0.4, -0.2) is 19.8 Å². The Kier molecular flexibility index (Phi) is 5.81. The molecule has 0 aliphatic carbocycles. The number of hydrogen-bond acceptors (Lipinski definition) is 2. The van der Waals surface area contributed by atoms with Gasteiger partial charge in [-0.2, -0.15) is 0 Å². The fourth-order valence-corrected chi connectivity index (χ4v) is 1.81. The first-order chi connectivity index (χ1) is 7.67. The maximum absolute atomic E-state index is 5.86. The Balaban J connectivity index is 2.56. The van der Waals surface area contributed by atoms with E-state index >= 15 is 0 Å². The van der Waals surface area contributed by atoms with E-state index in [1.54, 1.807) is 7.11 Å². The molecule has 2 atom stereocenters. The van der Waals surface area contributed by atoms with Crippen LogP contribution < -0.4 is 5.32 Å². The van der Waals surface area contributed by atoms with Gasteiger partial charge in [0.1, 0.15) is 0 Å². The molecule has 0 aliphatic heterocycles. The minimum atomic E-state index is 0.317. The summed E-state index contributed by atoms with van der Waals surface area (Å²) in [6, 6.07) is 8.67. The summed E-state index contributed by atoms with van der Waals surface area (Å²) in [7, 11) is 1.73. The molecule has 16 heavy (non-hydrogen) atoms. The van der Waals surface area contributed by atoms with Crippen molar-refractivity contribution in [2.75, 3.05) is 13.7 Å². The lowest BCUT2D eigenvalue weighted by molar-refractivity contribution is 0.159. The lowest BCUT2D eigenvalue weighted by Gasteiger charge is -2.22. The Morgan fingerprint density at radius 3 is 2.44 bits per heavy atom. The van der Waals surface area contributed by atoms with Gasteiger partial charge in [-0.25, -0.2) is 0 Å². The molecule has 0 amide bonds. The molecule has 0 aromatic heterocycles. The van der Waals surface area contributed by atoms with Gasteiger partial charge in [-0.15, -0.1) is 0 Å². The number of hydrogen-bond donors (Lipinski definition) is 1. The molecule has 2 nitrogen and oxygen atoms in total. The SMILES string of the molecule is CCC(COC)N[C@H](C)c1ccc(Cl)cc1. The van der Waals surface area contributed by atoms with Crippen LogP contribution in [-0.2, 0) is 4.74 Å². The standard InChI is InChI=1S/C13H20ClNO/c1-4-13(9-16-3)15-10(2)11-5-7-12(14)8-6-11/h5-8,10,13,15H,4,9H2,1-3H3/t10-,13?/m1/s1. The lowest BCUT2D eigenvalue weighted by atomic mass is 10.1. The first kappa shape index (κ1) is 13.5. The average molecular weight is 242 g/mol. The summed E-state index contributed by atoms with van der Waals surface area (Å²) in [5.41, 5.74) is 1.25. The summed E-state index contributed by atoms with van der Waals surface area (Å²) < 4.78 is 5.17. The van der Waals surface area contributed by atoms with E-state index in [9.17, 15) is 0 Å². The van der Waals surface area contributed by atoms with Crippen LogP contribution in [0.1, 0.15) is 31.9 Å². The van der Waals surface area contributed by atoms with Crippen molar-refractivity contribution in [2.24, 2.45) is 0 Å². The van der Waals surface area contributed by atoms with Crippen LogP contribution in [0.3, 0.4) is 0 Å². The Hall–Kier alpha value is -0.570. The van der Waals surface area contributed by atoms with Gasteiger partial charge in [0.2, 0.25) is 0 Å². The number of benzene rings is 1. The van der Waals surface area contributed by atoms with Crippen molar-refractivity contribution >= 4 is 11.6 Å². The second-order valence-electron chi connectivity index (χ2n) is 4.00. The number of methoxy groups -OCH3 is 1. The van der Waals surface area contributed by atoms with Gasteiger partial charge >= 0.3 is 0 Å². The van der Waals surface area contributed by atoms with Crippen LogP contribution in [0, 0.1) is 0 Å². The van der Waals surface area contributed by atoms with Gasteiger partial charge < -0.3 is 10.1 Å². The molecule has 90 valence electrons. The van der Waals surface area contributed by atoms with Crippen molar-refractivity contribution < 1.29 is 4.74 Å².